The van der Waals surface area contributed by atoms with E-state index in [-0.39, 0.29) is 5.60 Å². The zero-order valence-electron chi connectivity index (χ0n) is 8.65. The lowest BCUT2D eigenvalue weighted by atomic mass is 9.54. The third-order valence-corrected chi connectivity index (χ3v) is 4.54. The topological polar surface area (TPSA) is 58.6 Å². The molecule has 15 heavy (non-hydrogen) atoms. The summed E-state index contributed by atoms with van der Waals surface area (Å²) in [5.41, 5.74) is -0.132. The Morgan fingerprint density at radius 1 is 1.13 bits per heavy atom. The van der Waals surface area contributed by atoms with Crippen LogP contribution in [-0.4, -0.2) is 14.4 Å². The summed E-state index contributed by atoms with van der Waals surface area (Å²) in [4.78, 5) is 7.73. The quantitative estimate of drug-likeness (QED) is 0.573. The van der Waals surface area contributed by atoms with E-state index in [9.17, 15) is 4.21 Å². The highest BCUT2D eigenvalue weighted by molar-refractivity contribution is 7.76. The molecule has 0 aromatic rings. The van der Waals surface area contributed by atoms with E-state index >= 15 is 0 Å². The van der Waals surface area contributed by atoms with Crippen LogP contribution in [-0.2, 0) is 16.1 Å². The van der Waals surface area contributed by atoms with Gasteiger partial charge in [0.2, 0.25) is 0 Å². The van der Waals surface area contributed by atoms with Crippen LogP contribution in [0.3, 0.4) is 0 Å². The van der Waals surface area contributed by atoms with Crippen molar-refractivity contribution in [3.8, 4) is 0 Å². The third-order valence-electron chi connectivity index (χ3n) is 4.31. The average Bonchev–Trinajstić information content (AvgIpc) is 2.12. The van der Waals surface area contributed by atoms with Crippen molar-refractivity contribution < 1.29 is 13.6 Å². The molecular weight excluding hydrogens is 214 g/mol. The molecular formula is C10H17NO3S. The van der Waals surface area contributed by atoms with Crippen LogP contribution in [0.5, 0.6) is 0 Å². The van der Waals surface area contributed by atoms with Crippen LogP contribution in [0.2, 0.25) is 0 Å². The molecule has 0 heterocycles. The van der Waals surface area contributed by atoms with Gasteiger partial charge in [0, 0.05) is 0 Å². The molecule has 4 saturated carbocycles. The molecule has 1 atom stereocenters. The van der Waals surface area contributed by atoms with Gasteiger partial charge in [-0.3, -0.25) is 9.39 Å². The maximum Gasteiger partial charge on any atom is 0.256 e. The predicted octanol–water partition coefficient (Wildman–Crippen LogP) is 1.61. The number of rotatable bonds is 3. The Hall–Kier alpha value is 0.0300. The fourth-order valence-electron chi connectivity index (χ4n) is 4.28. The van der Waals surface area contributed by atoms with E-state index in [0.717, 1.165) is 37.0 Å². The highest BCUT2D eigenvalue weighted by Crippen LogP contribution is 2.56. The summed E-state index contributed by atoms with van der Waals surface area (Å²) >= 11 is -2.05. The fourth-order valence-corrected chi connectivity index (χ4v) is 4.53. The molecule has 0 aromatic carbocycles. The summed E-state index contributed by atoms with van der Waals surface area (Å²) in [5, 5.41) is 0. The first-order chi connectivity index (χ1) is 7.15. The van der Waals surface area contributed by atoms with Crippen molar-refractivity contribution in [3.63, 3.8) is 0 Å². The van der Waals surface area contributed by atoms with Crippen LogP contribution >= 0.6 is 0 Å². The molecule has 0 amide bonds. The minimum absolute atomic E-state index is 0.132. The molecule has 4 aliphatic rings. The van der Waals surface area contributed by atoms with Crippen molar-refractivity contribution in [1.29, 1.82) is 0 Å². The van der Waals surface area contributed by atoms with Crippen molar-refractivity contribution in [2.24, 2.45) is 17.8 Å². The molecule has 0 saturated heterocycles. The highest BCUT2D eigenvalue weighted by Gasteiger charge is 2.52. The first-order valence-electron chi connectivity index (χ1n) is 5.70. The summed E-state index contributed by atoms with van der Waals surface area (Å²) in [6, 6.07) is 0. The summed E-state index contributed by atoms with van der Waals surface area (Å²) < 4.78 is 19.3. The zero-order valence-corrected chi connectivity index (χ0v) is 9.46. The van der Waals surface area contributed by atoms with Gasteiger partial charge >= 0.3 is 0 Å². The molecule has 4 fully saturated rings. The van der Waals surface area contributed by atoms with Crippen LogP contribution in [0, 0.1) is 17.8 Å². The molecule has 4 aliphatic carbocycles. The smallest absolute Gasteiger partial charge is 0.256 e. The Bertz CT molecular complexity index is 259. The maximum absolute atomic E-state index is 10.6. The Kier molecular flexibility index (Phi) is 2.39. The van der Waals surface area contributed by atoms with E-state index in [1.807, 2.05) is 0 Å². The first-order valence-corrected chi connectivity index (χ1v) is 6.80. The summed E-state index contributed by atoms with van der Waals surface area (Å²) in [5.74, 6) is 2.39. The van der Waals surface area contributed by atoms with Gasteiger partial charge in [0.15, 0.2) is 0 Å². The number of nitrogens with one attached hydrogen (secondary N) is 1. The second kappa shape index (κ2) is 3.52. The highest BCUT2D eigenvalue weighted by atomic mass is 32.2. The largest absolute Gasteiger partial charge is 0.292 e. The molecule has 0 radical (unpaired) electrons. The van der Waals surface area contributed by atoms with Gasteiger partial charge in [-0.15, -0.1) is 0 Å². The third kappa shape index (κ3) is 1.86. The van der Waals surface area contributed by atoms with Crippen molar-refractivity contribution in [2.75, 3.05) is 0 Å². The van der Waals surface area contributed by atoms with Crippen LogP contribution in [0.4, 0.5) is 0 Å². The SMILES string of the molecule is O=S(O)NOC12CC3CC(CC(C3)C1)C2. The lowest BCUT2D eigenvalue weighted by Crippen LogP contribution is -2.54. The Morgan fingerprint density at radius 2 is 1.60 bits per heavy atom. The van der Waals surface area contributed by atoms with Gasteiger partial charge in [0.25, 0.3) is 11.3 Å². The van der Waals surface area contributed by atoms with Gasteiger partial charge < -0.3 is 0 Å². The van der Waals surface area contributed by atoms with Crippen LogP contribution < -0.4 is 4.89 Å². The van der Waals surface area contributed by atoms with E-state index in [0.29, 0.717) is 0 Å². The van der Waals surface area contributed by atoms with E-state index in [2.05, 4.69) is 4.89 Å². The lowest BCUT2D eigenvalue weighted by molar-refractivity contribution is -0.179. The Balaban J connectivity index is 1.72. The summed E-state index contributed by atoms with van der Waals surface area (Å²) in [6.45, 7) is 0. The van der Waals surface area contributed by atoms with Crippen LogP contribution in [0.15, 0.2) is 0 Å². The molecule has 4 bridgehead atoms. The number of hydrogen-bond donors (Lipinski definition) is 2. The fraction of sp³-hybridized carbons (Fsp3) is 1.00. The molecule has 0 aromatic heterocycles. The molecule has 1 unspecified atom stereocenters. The molecule has 86 valence electrons. The van der Waals surface area contributed by atoms with E-state index in [4.69, 9.17) is 9.39 Å². The van der Waals surface area contributed by atoms with Gasteiger partial charge in [-0.25, -0.2) is 4.21 Å². The van der Waals surface area contributed by atoms with Gasteiger partial charge in [0.05, 0.1) is 5.60 Å². The molecule has 2 N–H and O–H groups in total. The van der Waals surface area contributed by atoms with E-state index < -0.39 is 11.3 Å². The number of hydrogen-bond acceptors (Lipinski definition) is 2. The Morgan fingerprint density at radius 3 is 2.00 bits per heavy atom. The molecule has 5 heteroatoms. The summed E-state index contributed by atoms with van der Waals surface area (Å²) in [7, 11) is 0. The van der Waals surface area contributed by atoms with Crippen molar-refractivity contribution >= 4 is 11.3 Å². The van der Waals surface area contributed by atoms with Crippen molar-refractivity contribution in [3.05, 3.63) is 0 Å². The predicted molar refractivity (Wildman–Crippen MR) is 55.9 cm³/mol. The van der Waals surface area contributed by atoms with Gasteiger partial charge in [-0.2, -0.15) is 0 Å². The minimum atomic E-state index is -2.05. The van der Waals surface area contributed by atoms with Crippen molar-refractivity contribution in [2.45, 2.75) is 44.1 Å². The standard InChI is InChI=1S/C10H17NO3S/c12-15(13)11-14-10-4-7-1-8(5-10)3-9(2-7)6-10/h7-9,11H,1-6H2,(H,12,13). The van der Waals surface area contributed by atoms with E-state index in [1.165, 1.54) is 19.3 Å². The second-order valence-electron chi connectivity index (χ2n) is 5.54. The average molecular weight is 231 g/mol. The Labute approximate surface area is 92.1 Å². The van der Waals surface area contributed by atoms with Gasteiger partial charge in [0.1, 0.15) is 0 Å². The summed E-state index contributed by atoms with van der Waals surface area (Å²) in [6.07, 6.45) is 7.27. The lowest BCUT2D eigenvalue weighted by Gasteiger charge is -2.55. The normalized spacial score (nSPS) is 49.5. The zero-order chi connectivity index (χ0) is 10.5. The molecule has 0 spiro atoms. The van der Waals surface area contributed by atoms with Gasteiger partial charge in [-0.1, -0.05) is 4.89 Å². The maximum atomic E-state index is 10.6. The van der Waals surface area contributed by atoms with E-state index in [1.54, 1.807) is 0 Å². The molecule has 4 nitrogen and oxygen atoms in total. The molecule has 0 aliphatic heterocycles. The monoisotopic (exact) mass is 231 g/mol. The van der Waals surface area contributed by atoms with Crippen LogP contribution in [0.25, 0.3) is 0 Å². The minimum Gasteiger partial charge on any atom is -0.292 e. The first kappa shape index (κ1) is 10.2. The van der Waals surface area contributed by atoms with Crippen molar-refractivity contribution in [1.82, 2.24) is 4.89 Å². The second-order valence-corrected chi connectivity index (χ2v) is 6.20. The van der Waals surface area contributed by atoms with Crippen LogP contribution in [0.1, 0.15) is 38.5 Å². The molecule has 4 rings (SSSR count). The van der Waals surface area contributed by atoms with Gasteiger partial charge in [-0.05, 0) is 56.3 Å².